The molecule has 0 aromatic heterocycles. The van der Waals surface area contributed by atoms with Gasteiger partial charge in [-0.1, -0.05) is 24.3 Å². The van der Waals surface area contributed by atoms with Crippen LogP contribution in [0.3, 0.4) is 0 Å². The average molecular weight is 273 g/mol. The van der Waals surface area contributed by atoms with E-state index in [9.17, 15) is 8.78 Å². The van der Waals surface area contributed by atoms with E-state index in [4.69, 9.17) is 10.00 Å². The van der Waals surface area contributed by atoms with E-state index in [0.717, 1.165) is 0 Å². The van der Waals surface area contributed by atoms with Gasteiger partial charge in [0.05, 0.1) is 18.6 Å². The molecule has 0 fully saturated rings. The normalized spacial score (nSPS) is 11.7. The van der Waals surface area contributed by atoms with Crippen molar-refractivity contribution in [2.45, 2.75) is 12.3 Å². The van der Waals surface area contributed by atoms with Crippen molar-refractivity contribution in [2.24, 2.45) is 0 Å². The number of benzene rings is 2. The topological polar surface area (TPSA) is 33.0 Å². The van der Waals surface area contributed by atoms with Crippen LogP contribution in [-0.4, -0.2) is 6.61 Å². The molecule has 0 radical (unpaired) electrons. The van der Waals surface area contributed by atoms with E-state index in [1.807, 2.05) is 0 Å². The van der Waals surface area contributed by atoms with E-state index in [0.29, 0.717) is 17.7 Å². The van der Waals surface area contributed by atoms with Crippen LogP contribution < -0.4 is 4.74 Å². The maximum Gasteiger partial charge on any atom is 0.127 e. The van der Waals surface area contributed by atoms with E-state index in [-0.39, 0.29) is 12.4 Å². The second kappa shape index (κ2) is 6.67. The van der Waals surface area contributed by atoms with Gasteiger partial charge < -0.3 is 4.74 Å². The van der Waals surface area contributed by atoms with Crippen molar-refractivity contribution < 1.29 is 13.5 Å². The zero-order chi connectivity index (χ0) is 14.4. The Morgan fingerprint density at radius 3 is 2.60 bits per heavy atom. The van der Waals surface area contributed by atoms with Gasteiger partial charge in [0.25, 0.3) is 0 Å². The Hall–Kier alpha value is -2.41. The third-order valence-corrected chi connectivity index (χ3v) is 2.91. The van der Waals surface area contributed by atoms with E-state index in [1.165, 1.54) is 18.2 Å². The van der Waals surface area contributed by atoms with Gasteiger partial charge >= 0.3 is 0 Å². The molecular weight excluding hydrogens is 260 g/mol. The summed E-state index contributed by atoms with van der Waals surface area (Å²) in [6.45, 7) is 0.218. The first kappa shape index (κ1) is 14.0. The fourth-order valence-corrected chi connectivity index (χ4v) is 1.90. The smallest absolute Gasteiger partial charge is 0.127 e. The minimum Gasteiger partial charge on any atom is -0.493 e. The summed E-state index contributed by atoms with van der Waals surface area (Å²) < 4.78 is 31.9. The second-order valence-corrected chi connectivity index (χ2v) is 4.30. The molecule has 0 saturated heterocycles. The van der Waals surface area contributed by atoms with Crippen molar-refractivity contribution >= 4 is 0 Å². The first-order valence-corrected chi connectivity index (χ1v) is 6.23. The van der Waals surface area contributed by atoms with Crippen molar-refractivity contribution in [3.63, 3.8) is 0 Å². The number of hydrogen-bond donors (Lipinski definition) is 0. The number of nitriles is 1. The number of ether oxygens (including phenoxy) is 1. The van der Waals surface area contributed by atoms with Crippen LogP contribution in [-0.2, 0) is 0 Å². The van der Waals surface area contributed by atoms with Crippen LogP contribution in [0, 0.1) is 23.0 Å². The zero-order valence-corrected chi connectivity index (χ0v) is 10.7. The lowest BCUT2D eigenvalue weighted by atomic mass is 9.97. The summed E-state index contributed by atoms with van der Waals surface area (Å²) in [6.07, 6.45) is 0.341. The maximum atomic E-state index is 13.6. The highest BCUT2D eigenvalue weighted by Crippen LogP contribution is 2.22. The Bertz CT molecular complexity index is 622. The van der Waals surface area contributed by atoms with Gasteiger partial charge in [0.2, 0.25) is 0 Å². The molecular formula is C16H13F2NO. The SMILES string of the molecule is N#CC(CCOc1cccc(F)c1)c1ccccc1F. The Morgan fingerprint density at radius 2 is 1.90 bits per heavy atom. The maximum absolute atomic E-state index is 13.6. The predicted octanol–water partition coefficient (Wildman–Crippen LogP) is 4.04. The molecule has 2 aromatic carbocycles. The molecule has 2 rings (SSSR count). The van der Waals surface area contributed by atoms with Crippen molar-refractivity contribution in [3.8, 4) is 11.8 Å². The summed E-state index contributed by atoms with van der Waals surface area (Å²) in [5, 5.41) is 9.11. The lowest BCUT2D eigenvalue weighted by molar-refractivity contribution is 0.303. The third-order valence-electron chi connectivity index (χ3n) is 2.91. The first-order chi connectivity index (χ1) is 9.70. The van der Waals surface area contributed by atoms with E-state index in [1.54, 1.807) is 30.3 Å². The second-order valence-electron chi connectivity index (χ2n) is 4.30. The largest absolute Gasteiger partial charge is 0.493 e. The number of halogens is 2. The quantitative estimate of drug-likeness (QED) is 0.823. The van der Waals surface area contributed by atoms with Gasteiger partial charge in [-0.3, -0.25) is 0 Å². The fourth-order valence-electron chi connectivity index (χ4n) is 1.90. The Labute approximate surface area is 116 Å². The van der Waals surface area contributed by atoms with Crippen molar-refractivity contribution in [2.75, 3.05) is 6.61 Å². The predicted molar refractivity (Wildman–Crippen MR) is 71.3 cm³/mol. The van der Waals surface area contributed by atoms with Gasteiger partial charge in [0.15, 0.2) is 0 Å². The summed E-state index contributed by atoms with van der Waals surface area (Å²) in [5.41, 5.74) is 0.359. The summed E-state index contributed by atoms with van der Waals surface area (Å²) in [4.78, 5) is 0. The molecule has 1 atom stereocenters. The lowest BCUT2D eigenvalue weighted by Crippen LogP contribution is -2.06. The minimum absolute atomic E-state index is 0.218. The van der Waals surface area contributed by atoms with Gasteiger partial charge in [-0.25, -0.2) is 8.78 Å². The van der Waals surface area contributed by atoms with Crippen LogP contribution in [0.1, 0.15) is 17.9 Å². The van der Waals surface area contributed by atoms with E-state index >= 15 is 0 Å². The fraction of sp³-hybridized carbons (Fsp3) is 0.188. The highest BCUT2D eigenvalue weighted by molar-refractivity contribution is 5.26. The van der Waals surface area contributed by atoms with Crippen LogP contribution in [0.4, 0.5) is 8.78 Å². The summed E-state index contributed by atoms with van der Waals surface area (Å²) in [6, 6.07) is 14.0. The molecule has 1 unspecified atom stereocenters. The van der Waals surface area contributed by atoms with Gasteiger partial charge in [-0.05, 0) is 18.2 Å². The molecule has 0 heterocycles. The Kier molecular flexibility index (Phi) is 4.67. The Balaban J connectivity index is 1.96. The molecule has 2 nitrogen and oxygen atoms in total. The average Bonchev–Trinajstić information content (AvgIpc) is 2.45. The van der Waals surface area contributed by atoms with Gasteiger partial charge in [-0.2, -0.15) is 5.26 Å². The van der Waals surface area contributed by atoms with Crippen LogP contribution in [0.25, 0.3) is 0 Å². The van der Waals surface area contributed by atoms with Crippen molar-refractivity contribution in [1.29, 1.82) is 5.26 Å². The van der Waals surface area contributed by atoms with Crippen molar-refractivity contribution in [3.05, 3.63) is 65.7 Å². The van der Waals surface area contributed by atoms with Gasteiger partial charge in [-0.15, -0.1) is 0 Å². The van der Waals surface area contributed by atoms with Crippen molar-refractivity contribution in [1.82, 2.24) is 0 Å². The first-order valence-electron chi connectivity index (χ1n) is 6.23. The molecule has 0 amide bonds. The molecule has 102 valence electrons. The molecule has 0 aliphatic heterocycles. The monoisotopic (exact) mass is 273 g/mol. The highest BCUT2D eigenvalue weighted by atomic mass is 19.1. The lowest BCUT2D eigenvalue weighted by Gasteiger charge is -2.11. The molecule has 0 bridgehead atoms. The molecule has 4 heteroatoms. The van der Waals surface area contributed by atoms with Crippen LogP contribution in [0.5, 0.6) is 5.75 Å². The third kappa shape index (κ3) is 3.55. The van der Waals surface area contributed by atoms with Gasteiger partial charge in [0, 0.05) is 18.1 Å². The molecule has 0 spiro atoms. The molecule has 0 aliphatic rings. The van der Waals surface area contributed by atoms with E-state index in [2.05, 4.69) is 6.07 Å². The van der Waals surface area contributed by atoms with E-state index < -0.39 is 11.7 Å². The number of rotatable bonds is 5. The molecule has 2 aromatic rings. The van der Waals surface area contributed by atoms with Crippen LogP contribution >= 0.6 is 0 Å². The summed E-state index contributed by atoms with van der Waals surface area (Å²) >= 11 is 0. The zero-order valence-electron chi connectivity index (χ0n) is 10.7. The van der Waals surface area contributed by atoms with Crippen LogP contribution in [0.15, 0.2) is 48.5 Å². The van der Waals surface area contributed by atoms with Crippen LogP contribution in [0.2, 0.25) is 0 Å². The minimum atomic E-state index is -0.579. The number of hydrogen-bond acceptors (Lipinski definition) is 2. The molecule has 20 heavy (non-hydrogen) atoms. The summed E-state index contributed by atoms with van der Waals surface area (Å²) in [7, 11) is 0. The standard InChI is InChI=1S/C16H13F2NO/c17-13-4-3-5-14(10-13)20-9-8-12(11-19)15-6-1-2-7-16(15)18/h1-7,10,12H,8-9H2. The molecule has 0 aliphatic carbocycles. The molecule has 0 saturated carbocycles. The Morgan fingerprint density at radius 1 is 1.10 bits per heavy atom. The molecule has 0 N–H and O–H groups in total. The highest BCUT2D eigenvalue weighted by Gasteiger charge is 2.14. The number of nitrogens with zero attached hydrogens (tertiary/aromatic N) is 1. The van der Waals surface area contributed by atoms with Gasteiger partial charge in [0.1, 0.15) is 17.4 Å². The summed E-state index contributed by atoms with van der Waals surface area (Å²) in [5.74, 6) is -0.960.